The van der Waals surface area contributed by atoms with Crippen molar-refractivity contribution in [1.29, 1.82) is 0 Å². The summed E-state index contributed by atoms with van der Waals surface area (Å²) in [6.45, 7) is 3.90. The molecule has 0 saturated carbocycles. The van der Waals surface area contributed by atoms with Gasteiger partial charge < -0.3 is 19.1 Å². The zero-order chi connectivity index (χ0) is 15.7. The Labute approximate surface area is 128 Å². The summed E-state index contributed by atoms with van der Waals surface area (Å²) in [5.41, 5.74) is 1.35. The Morgan fingerprint density at radius 3 is 2.73 bits per heavy atom. The molecular weight excluding hydrogens is 286 g/mol. The molecule has 2 aliphatic rings. The van der Waals surface area contributed by atoms with E-state index in [0.29, 0.717) is 37.7 Å². The highest BCUT2D eigenvalue weighted by Crippen LogP contribution is 2.34. The third-order valence-electron chi connectivity index (χ3n) is 4.21. The molecule has 6 heteroatoms. The van der Waals surface area contributed by atoms with Crippen molar-refractivity contribution in [2.75, 3.05) is 33.5 Å². The van der Waals surface area contributed by atoms with Crippen LogP contribution < -0.4 is 4.74 Å². The van der Waals surface area contributed by atoms with Crippen LogP contribution in [-0.2, 0) is 14.3 Å². The Morgan fingerprint density at radius 1 is 1.32 bits per heavy atom. The summed E-state index contributed by atoms with van der Waals surface area (Å²) in [6.07, 6.45) is 0. The number of methoxy groups -OCH3 is 1. The van der Waals surface area contributed by atoms with Gasteiger partial charge in [0.25, 0.3) is 0 Å². The number of esters is 1. The third-order valence-corrected chi connectivity index (χ3v) is 4.21. The Kier molecular flexibility index (Phi) is 4.02. The number of hydrogen-bond donors (Lipinski definition) is 0. The Balaban J connectivity index is 1.87. The molecule has 0 radical (unpaired) electrons. The maximum atomic E-state index is 12.5. The molecular formula is C16H19NO5. The molecule has 1 unspecified atom stereocenters. The minimum atomic E-state index is -0.400. The van der Waals surface area contributed by atoms with Gasteiger partial charge in [0.15, 0.2) is 0 Å². The first kappa shape index (κ1) is 14.8. The van der Waals surface area contributed by atoms with Gasteiger partial charge in [0, 0.05) is 5.56 Å². The van der Waals surface area contributed by atoms with E-state index in [2.05, 4.69) is 0 Å². The lowest BCUT2D eigenvalue weighted by molar-refractivity contribution is -0.152. The number of hydrogen-bond acceptors (Lipinski definition) is 5. The summed E-state index contributed by atoms with van der Waals surface area (Å²) in [7, 11) is 1.35. The van der Waals surface area contributed by atoms with Crippen LogP contribution in [-0.4, -0.2) is 50.3 Å². The van der Waals surface area contributed by atoms with Crippen molar-refractivity contribution in [3.05, 3.63) is 29.3 Å². The van der Waals surface area contributed by atoms with Gasteiger partial charge in [-0.1, -0.05) is 6.07 Å². The molecule has 1 atom stereocenters. The maximum Gasteiger partial charge on any atom is 0.337 e. The van der Waals surface area contributed by atoms with Crippen molar-refractivity contribution in [3.8, 4) is 5.75 Å². The van der Waals surface area contributed by atoms with Crippen molar-refractivity contribution in [2.24, 2.45) is 5.92 Å². The van der Waals surface area contributed by atoms with Crippen LogP contribution in [0.4, 0.5) is 0 Å². The SMILES string of the molecule is COC(=O)c1ccc2c(c1)OCCN(C(=O)C1COC1)C2C. The highest BCUT2D eigenvalue weighted by molar-refractivity contribution is 5.90. The lowest BCUT2D eigenvalue weighted by Crippen LogP contribution is -2.46. The molecule has 3 rings (SSSR count). The van der Waals surface area contributed by atoms with Gasteiger partial charge in [-0.15, -0.1) is 0 Å². The largest absolute Gasteiger partial charge is 0.491 e. The van der Waals surface area contributed by atoms with Gasteiger partial charge in [-0.05, 0) is 19.1 Å². The third kappa shape index (κ3) is 2.54. The Bertz CT molecular complexity index is 596. The van der Waals surface area contributed by atoms with Crippen molar-refractivity contribution < 1.29 is 23.8 Å². The van der Waals surface area contributed by atoms with E-state index >= 15 is 0 Å². The van der Waals surface area contributed by atoms with Crippen LogP contribution in [0, 0.1) is 5.92 Å². The maximum absolute atomic E-state index is 12.5. The first-order valence-electron chi connectivity index (χ1n) is 7.35. The fourth-order valence-electron chi connectivity index (χ4n) is 2.78. The highest BCUT2D eigenvalue weighted by Gasteiger charge is 2.35. The molecule has 22 heavy (non-hydrogen) atoms. The molecule has 1 fully saturated rings. The summed E-state index contributed by atoms with van der Waals surface area (Å²) in [5.74, 6) is 0.295. The molecule has 118 valence electrons. The van der Waals surface area contributed by atoms with Gasteiger partial charge in [0.1, 0.15) is 12.4 Å². The number of ether oxygens (including phenoxy) is 3. The van der Waals surface area contributed by atoms with Gasteiger partial charge in [0.2, 0.25) is 5.91 Å². The molecule has 0 aliphatic carbocycles. The normalized spacial score (nSPS) is 21.2. The molecule has 2 aliphatic heterocycles. The van der Waals surface area contributed by atoms with E-state index < -0.39 is 5.97 Å². The first-order valence-corrected chi connectivity index (χ1v) is 7.35. The molecule has 1 saturated heterocycles. The van der Waals surface area contributed by atoms with Crippen LogP contribution in [0.15, 0.2) is 18.2 Å². The highest BCUT2D eigenvalue weighted by atomic mass is 16.5. The summed E-state index contributed by atoms with van der Waals surface area (Å²) < 4.78 is 15.6. The van der Waals surface area contributed by atoms with Crippen molar-refractivity contribution in [2.45, 2.75) is 13.0 Å². The second-order valence-electron chi connectivity index (χ2n) is 5.53. The number of rotatable bonds is 2. The molecule has 1 aromatic rings. The number of benzene rings is 1. The lowest BCUT2D eigenvalue weighted by atomic mass is 10.0. The standard InChI is InChI=1S/C16H19NO5/c1-10-13-4-3-11(16(19)20-2)7-14(13)22-6-5-17(10)15(18)12-8-21-9-12/h3-4,7,10,12H,5-6,8-9H2,1-2H3. The van der Waals surface area contributed by atoms with Gasteiger partial charge in [-0.2, -0.15) is 0 Å². The molecule has 6 nitrogen and oxygen atoms in total. The Hall–Kier alpha value is -2.08. The van der Waals surface area contributed by atoms with Crippen molar-refractivity contribution in [1.82, 2.24) is 4.90 Å². The molecule has 2 heterocycles. The van der Waals surface area contributed by atoms with E-state index in [4.69, 9.17) is 14.2 Å². The van der Waals surface area contributed by atoms with Crippen LogP contribution >= 0.6 is 0 Å². The van der Waals surface area contributed by atoms with Crippen LogP contribution in [0.3, 0.4) is 0 Å². The van der Waals surface area contributed by atoms with Gasteiger partial charge in [-0.25, -0.2) is 4.79 Å². The topological polar surface area (TPSA) is 65.1 Å². The summed E-state index contributed by atoms with van der Waals surface area (Å²) in [6, 6.07) is 5.11. The van der Waals surface area contributed by atoms with E-state index in [9.17, 15) is 9.59 Å². The quantitative estimate of drug-likeness (QED) is 0.773. The zero-order valence-electron chi connectivity index (χ0n) is 12.7. The minimum absolute atomic E-state index is 0.0432. The van der Waals surface area contributed by atoms with Crippen LogP contribution in [0.5, 0.6) is 5.75 Å². The number of amides is 1. The number of carbonyl (C=O) groups is 2. The number of nitrogens with zero attached hydrogens (tertiary/aromatic N) is 1. The van der Waals surface area contributed by atoms with Gasteiger partial charge >= 0.3 is 5.97 Å². The van der Waals surface area contributed by atoms with Crippen LogP contribution in [0.2, 0.25) is 0 Å². The average Bonchev–Trinajstić information content (AvgIpc) is 2.63. The fraction of sp³-hybridized carbons (Fsp3) is 0.500. The molecule has 0 spiro atoms. The second-order valence-corrected chi connectivity index (χ2v) is 5.53. The smallest absolute Gasteiger partial charge is 0.337 e. The summed E-state index contributed by atoms with van der Waals surface area (Å²) >= 11 is 0. The van der Waals surface area contributed by atoms with Gasteiger partial charge in [-0.3, -0.25) is 4.79 Å². The predicted molar refractivity (Wildman–Crippen MR) is 77.7 cm³/mol. The second kappa shape index (κ2) is 5.96. The predicted octanol–water partition coefficient (Wildman–Crippen LogP) is 1.40. The number of carbonyl (C=O) groups excluding carboxylic acids is 2. The number of fused-ring (bicyclic) bond motifs is 1. The lowest BCUT2D eigenvalue weighted by Gasteiger charge is -2.34. The van der Waals surface area contributed by atoms with E-state index in [1.165, 1.54) is 7.11 Å². The molecule has 0 bridgehead atoms. The van der Waals surface area contributed by atoms with E-state index in [-0.39, 0.29) is 17.9 Å². The first-order chi connectivity index (χ1) is 10.6. The van der Waals surface area contributed by atoms with E-state index in [0.717, 1.165) is 5.56 Å². The summed E-state index contributed by atoms with van der Waals surface area (Å²) in [5, 5.41) is 0. The minimum Gasteiger partial charge on any atom is -0.491 e. The van der Waals surface area contributed by atoms with Gasteiger partial charge in [0.05, 0.1) is 44.4 Å². The van der Waals surface area contributed by atoms with E-state index in [1.54, 1.807) is 12.1 Å². The van der Waals surface area contributed by atoms with Crippen LogP contribution in [0.1, 0.15) is 28.9 Å². The Morgan fingerprint density at radius 2 is 2.09 bits per heavy atom. The molecule has 1 aromatic carbocycles. The van der Waals surface area contributed by atoms with Crippen molar-refractivity contribution >= 4 is 11.9 Å². The summed E-state index contributed by atoms with van der Waals surface area (Å²) in [4.78, 5) is 25.9. The average molecular weight is 305 g/mol. The monoisotopic (exact) mass is 305 g/mol. The fourth-order valence-corrected chi connectivity index (χ4v) is 2.78. The van der Waals surface area contributed by atoms with Crippen molar-refractivity contribution in [3.63, 3.8) is 0 Å². The molecule has 0 N–H and O–H groups in total. The zero-order valence-corrected chi connectivity index (χ0v) is 12.7. The van der Waals surface area contributed by atoms with Crippen LogP contribution in [0.25, 0.3) is 0 Å². The molecule has 0 aromatic heterocycles. The van der Waals surface area contributed by atoms with E-state index in [1.807, 2.05) is 17.9 Å². The molecule has 1 amide bonds.